The van der Waals surface area contributed by atoms with E-state index in [1.807, 2.05) is 46.5 Å². The lowest BCUT2D eigenvalue weighted by Gasteiger charge is -2.07. The molecule has 0 aromatic heterocycles. The molecule has 0 aromatic carbocycles. The Bertz CT molecular complexity index is 409. The molecule has 20 heavy (non-hydrogen) atoms. The molecular weight excluding hydrogens is 291 g/mol. The summed E-state index contributed by atoms with van der Waals surface area (Å²) in [7, 11) is 0. The van der Waals surface area contributed by atoms with Gasteiger partial charge >= 0.3 is 0 Å². The molecule has 104 valence electrons. The Hall–Kier alpha value is -1.82. The largest absolute Gasteiger partial charge is 1.00 e. The SMILES string of the molecule is C=CCN1[C+]=CC(=C2C=[C+]N(CC=C)C=C2)C=C1.[Cl-].[Cl-]. The highest BCUT2D eigenvalue weighted by molar-refractivity contribution is 5.47. The second-order valence-electron chi connectivity index (χ2n) is 3.97. The Morgan fingerprint density at radius 3 is 1.50 bits per heavy atom. The molecular formula is C16H16Cl2N2. The topological polar surface area (TPSA) is 6.48 Å². The number of halogens is 2. The highest BCUT2D eigenvalue weighted by atomic mass is 35.5. The van der Waals surface area contributed by atoms with Gasteiger partial charge in [0.05, 0.1) is 25.2 Å². The molecule has 2 aliphatic rings. The van der Waals surface area contributed by atoms with Gasteiger partial charge in [-0.1, -0.05) is 12.2 Å². The molecule has 0 amide bonds. The molecule has 0 fully saturated rings. The lowest BCUT2D eigenvalue weighted by molar-refractivity contribution is -0.00100. The van der Waals surface area contributed by atoms with Crippen LogP contribution in [0.15, 0.2) is 73.2 Å². The van der Waals surface area contributed by atoms with Crippen LogP contribution in [-0.2, 0) is 0 Å². The molecule has 2 rings (SSSR count). The van der Waals surface area contributed by atoms with Crippen LogP contribution < -0.4 is 24.8 Å². The van der Waals surface area contributed by atoms with Gasteiger partial charge in [0, 0.05) is 0 Å². The minimum atomic E-state index is 0. The van der Waals surface area contributed by atoms with Gasteiger partial charge in [-0.3, -0.25) is 0 Å². The zero-order valence-electron chi connectivity index (χ0n) is 11.1. The maximum absolute atomic E-state index is 3.71. The number of allylic oxidation sites excluding steroid dienone is 6. The van der Waals surface area contributed by atoms with Crippen molar-refractivity contribution in [3.8, 4) is 0 Å². The van der Waals surface area contributed by atoms with Crippen LogP contribution in [0.25, 0.3) is 0 Å². The molecule has 0 bridgehead atoms. The van der Waals surface area contributed by atoms with E-state index in [1.54, 1.807) is 0 Å². The summed E-state index contributed by atoms with van der Waals surface area (Å²) in [6.45, 7) is 8.97. The van der Waals surface area contributed by atoms with Gasteiger partial charge in [0.25, 0.3) is 0 Å². The minimum Gasteiger partial charge on any atom is -1.00 e. The van der Waals surface area contributed by atoms with Crippen LogP contribution in [0.1, 0.15) is 0 Å². The lowest BCUT2D eigenvalue weighted by atomic mass is 10.0. The molecule has 0 radical (unpaired) electrons. The van der Waals surface area contributed by atoms with E-state index in [4.69, 9.17) is 0 Å². The first-order chi connectivity index (χ1) is 8.83. The Labute approximate surface area is 133 Å². The van der Waals surface area contributed by atoms with Crippen LogP contribution in [0.2, 0.25) is 0 Å². The monoisotopic (exact) mass is 306 g/mol. The number of nitrogens with zero attached hydrogens (tertiary/aromatic N) is 2. The normalized spacial score (nSPS) is 18.6. The van der Waals surface area contributed by atoms with E-state index in [2.05, 4.69) is 37.7 Å². The average molecular weight is 307 g/mol. The summed E-state index contributed by atoms with van der Waals surface area (Å²) in [5, 5.41) is 0. The predicted octanol–water partition coefficient (Wildman–Crippen LogP) is -3.04. The van der Waals surface area contributed by atoms with E-state index in [0.29, 0.717) is 0 Å². The van der Waals surface area contributed by atoms with Crippen molar-refractivity contribution in [2.75, 3.05) is 13.1 Å². The van der Waals surface area contributed by atoms with Crippen molar-refractivity contribution < 1.29 is 24.8 Å². The van der Waals surface area contributed by atoms with Crippen molar-refractivity contribution in [2.24, 2.45) is 0 Å². The highest BCUT2D eigenvalue weighted by Gasteiger charge is 2.19. The summed E-state index contributed by atoms with van der Waals surface area (Å²) in [5.74, 6) is 0. The zero-order chi connectivity index (χ0) is 12.8. The predicted molar refractivity (Wildman–Crippen MR) is 74.7 cm³/mol. The van der Waals surface area contributed by atoms with Crippen LogP contribution in [0.4, 0.5) is 0 Å². The third-order valence-electron chi connectivity index (χ3n) is 2.62. The second-order valence-corrected chi connectivity index (χ2v) is 3.97. The summed E-state index contributed by atoms with van der Waals surface area (Å²) in [5.41, 5.74) is 2.27. The summed E-state index contributed by atoms with van der Waals surface area (Å²) in [6.07, 6.45) is 22.2. The maximum Gasteiger partial charge on any atom is 0.153 e. The van der Waals surface area contributed by atoms with Crippen LogP contribution in [0.3, 0.4) is 0 Å². The quantitative estimate of drug-likeness (QED) is 0.402. The molecule has 2 nitrogen and oxygen atoms in total. The van der Waals surface area contributed by atoms with Crippen molar-refractivity contribution in [2.45, 2.75) is 0 Å². The van der Waals surface area contributed by atoms with E-state index >= 15 is 0 Å². The van der Waals surface area contributed by atoms with Crippen LogP contribution in [0.5, 0.6) is 0 Å². The van der Waals surface area contributed by atoms with E-state index in [-0.39, 0.29) is 24.8 Å². The standard InChI is InChI=1S/C16H16N2.2ClH/c1-3-9-17-11-5-15(6-12-17)16-7-13-18(10-4-2)14-8-16;;/h3-8,11,13H,1-2,9-10H2;2*1H/q+2;;/p-2. The Balaban J connectivity index is 0.00000180. The van der Waals surface area contributed by atoms with Crippen LogP contribution >= 0.6 is 0 Å². The van der Waals surface area contributed by atoms with E-state index in [9.17, 15) is 0 Å². The molecule has 0 N–H and O–H groups in total. The molecule has 2 aliphatic heterocycles. The van der Waals surface area contributed by atoms with Gasteiger partial charge in [0.15, 0.2) is 11.1 Å². The summed E-state index contributed by atoms with van der Waals surface area (Å²) in [4.78, 5) is 3.92. The van der Waals surface area contributed by atoms with Gasteiger partial charge in [-0.05, 0) is 0 Å². The molecule has 4 heteroatoms. The van der Waals surface area contributed by atoms with Gasteiger partial charge in [-0.15, -0.1) is 13.2 Å². The Morgan fingerprint density at radius 2 is 1.25 bits per heavy atom. The van der Waals surface area contributed by atoms with Crippen molar-refractivity contribution >= 4 is 0 Å². The molecule has 0 saturated heterocycles. The first kappa shape index (κ1) is 18.2. The third kappa shape index (κ3) is 4.70. The first-order valence-corrected chi connectivity index (χ1v) is 5.88. The third-order valence-corrected chi connectivity index (χ3v) is 2.62. The fourth-order valence-corrected chi connectivity index (χ4v) is 1.69. The second kappa shape index (κ2) is 9.14. The molecule has 0 saturated carbocycles. The lowest BCUT2D eigenvalue weighted by Crippen LogP contribution is -3.00. The molecule has 0 aromatic rings. The van der Waals surface area contributed by atoms with Crippen molar-refractivity contribution in [3.63, 3.8) is 0 Å². The van der Waals surface area contributed by atoms with Crippen molar-refractivity contribution in [1.82, 2.24) is 9.80 Å². The van der Waals surface area contributed by atoms with Crippen molar-refractivity contribution in [1.29, 1.82) is 0 Å². The van der Waals surface area contributed by atoms with Crippen LogP contribution in [0, 0.1) is 12.4 Å². The molecule has 0 unspecified atom stereocenters. The maximum atomic E-state index is 3.71. The molecule has 0 aliphatic carbocycles. The average Bonchev–Trinajstić information content (AvgIpc) is 2.41. The summed E-state index contributed by atoms with van der Waals surface area (Å²) >= 11 is 0. The fraction of sp³-hybridized carbons (Fsp3) is 0.125. The first-order valence-electron chi connectivity index (χ1n) is 5.88. The van der Waals surface area contributed by atoms with Crippen LogP contribution in [-0.4, -0.2) is 22.9 Å². The van der Waals surface area contributed by atoms with E-state index in [0.717, 1.165) is 24.2 Å². The highest BCUT2D eigenvalue weighted by Crippen LogP contribution is 2.18. The van der Waals surface area contributed by atoms with E-state index in [1.165, 1.54) is 0 Å². The Morgan fingerprint density at radius 1 is 0.850 bits per heavy atom. The minimum absolute atomic E-state index is 0. The van der Waals surface area contributed by atoms with Gasteiger partial charge in [-0.25, -0.2) is 9.80 Å². The number of hydrogen-bond donors (Lipinski definition) is 0. The van der Waals surface area contributed by atoms with E-state index < -0.39 is 0 Å². The van der Waals surface area contributed by atoms with Gasteiger partial charge in [0.1, 0.15) is 37.0 Å². The van der Waals surface area contributed by atoms with Gasteiger partial charge < -0.3 is 24.8 Å². The molecule has 2 heterocycles. The number of hydrogen-bond acceptors (Lipinski definition) is 2. The number of rotatable bonds is 4. The smallest absolute Gasteiger partial charge is 0.153 e. The van der Waals surface area contributed by atoms with Gasteiger partial charge in [-0.2, -0.15) is 0 Å². The van der Waals surface area contributed by atoms with Crippen molar-refractivity contribution in [3.05, 3.63) is 85.6 Å². The molecule has 0 atom stereocenters. The molecule has 0 spiro atoms. The summed E-state index contributed by atoms with van der Waals surface area (Å²) < 4.78 is 0. The Kier molecular flexibility index (Phi) is 8.31. The zero-order valence-corrected chi connectivity index (χ0v) is 12.6. The van der Waals surface area contributed by atoms with Gasteiger partial charge in [0.2, 0.25) is 0 Å². The fourth-order valence-electron chi connectivity index (χ4n) is 1.69. The summed E-state index contributed by atoms with van der Waals surface area (Å²) in [6, 6.07) is 0.